The molecule has 0 radical (unpaired) electrons. The van der Waals surface area contributed by atoms with Crippen LogP contribution >= 0.6 is 0 Å². The highest BCUT2D eigenvalue weighted by atomic mass is 16.6. The van der Waals surface area contributed by atoms with Crippen LogP contribution in [-0.4, -0.2) is 47.9 Å². The van der Waals surface area contributed by atoms with Crippen molar-refractivity contribution in [3.63, 3.8) is 0 Å². The molecule has 8 heteroatoms. The van der Waals surface area contributed by atoms with E-state index in [1.165, 1.54) is 11.1 Å². The van der Waals surface area contributed by atoms with Crippen LogP contribution in [0.25, 0.3) is 0 Å². The normalized spacial score (nSPS) is 11.0. The van der Waals surface area contributed by atoms with Crippen molar-refractivity contribution in [3.8, 4) is 0 Å². The molecule has 1 aromatic heterocycles. The summed E-state index contributed by atoms with van der Waals surface area (Å²) in [7, 11) is 1.55. The van der Waals surface area contributed by atoms with Crippen molar-refractivity contribution in [2.45, 2.75) is 32.9 Å². The quantitative estimate of drug-likeness (QED) is 0.844. The predicted molar refractivity (Wildman–Crippen MR) is 81.8 cm³/mol. The number of ether oxygens (including phenoxy) is 2. The third-order valence-electron chi connectivity index (χ3n) is 2.64. The molecule has 0 unspecified atom stereocenters. The molecule has 0 fully saturated rings. The van der Waals surface area contributed by atoms with Gasteiger partial charge in [0, 0.05) is 13.7 Å². The fraction of sp³-hybridized carbons (Fsp3) is 0.533. The summed E-state index contributed by atoms with van der Waals surface area (Å²) in [6, 6.07) is 3.16. The van der Waals surface area contributed by atoms with Crippen molar-refractivity contribution in [3.05, 3.63) is 24.0 Å². The lowest BCUT2D eigenvalue weighted by Crippen LogP contribution is -2.38. The van der Waals surface area contributed by atoms with Crippen LogP contribution < -0.4 is 10.4 Å². The number of methoxy groups -OCH3 is 1. The number of anilines is 1. The molecule has 0 saturated carbocycles. The maximum absolute atomic E-state index is 12.2. The van der Waals surface area contributed by atoms with Crippen molar-refractivity contribution in [2.24, 2.45) is 0 Å². The van der Waals surface area contributed by atoms with E-state index < -0.39 is 17.8 Å². The molecule has 0 atom stereocenters. The first-order valence-electron chi connectivity index (χ1n) is 7.11. The molecule has 1 N–H and O–H groups in total. The van der Waals surface area contributed by atoms with Crippen molar-refractivity contribution in [1.29, 1.82) is 0 Å². The van der Waals surface area contributed by atoms with E-state index in [4.69, 9.17) is 9.47 Å². The van der Waals surface area contributed by atoms with Crippen LogP contribution in [0.1, 0.15) is 26.5 Å². The number of carbonyl (C=O) groups is 2. The fourth-order valence-electron chi connectivity index (χ4n) is 1.67. The maximum atomic E-state index is 12.2. The van der Waals surface area contributed by atoms with Crippen LogP contribution in [0.15, 0.2) is 18.3 Å². The SMILES string of the molecule is COCCN(Cc1ccc(NC(=O)[O-])cn1)C(=O)OC(C)(C)C. The van der Waals surface area contributed by atoms with Crippen LogP contribution in [0.4, 0.5) is 15.3 Å². The van der Waals surface area contributed by atoms with Crippen LogP contribution in [0.2, 0.25) is 0 Å². The van der Waals surface area contributed by atoms with E-state index in [0.29, 0.717) is 24.5 Å². The van der Waals surface area contributed by atoms with E-state index in [1.807, 2.05) is 0 Å². The second-order valence-corrected chi connectivity index (χ2v) is 5.85. The maximum Gasteiger partial charge on any atom is 0.410 e. The fourth-order valence-corrected chi connectivity index (χ4v) is 1.67. The van der Waals surface area contributed by atoms with Gasteiger partial charge in [-0.15, -0.1) is 0 Å². The summed E-state index contributed by atoms with van der Waals surface area (Å²) in [5.41, 5.74) is 0.295. The topological polar surface area (TPSA) is 104 Å². The number of carbonyl (C=O) groups excluding carboxylic acids is 2. The second kappa shape index (κ2) is 8.33. The third kappa shape index (κ3) is 7.46. The molecule has 1 aromatic rings. The molecular weight excluding hydrogens is 302 g/mol. The number of carboxylic acid groups (broad SMARTS) is 1. The highest BCUT2D eigenvalue weighted by Gasteiger charge is 2.22. The molecule has 128 valence electrons. The zero-order valence-electron chi connectivity index (χ0n) is 13.8. The molecule has 0 saturated heterocycles. The van der Waals surface area contributed by atoms with E-state index >= 15 is 0 Å². The Kier molecular flexibility index (Phi) is 6.77. The minimum absolute atomic E-state index is 0.226. The monoisotopic (exact) mass is 324 g/mol. The molecule has 0 aliphatic rings. The lowest BCUT2D eigenvalue weighted by molar-refractivity contribution is -0.242. The first-order chi connectivity index (χ1) is 10.7. The molecule has 1 rings (SSSR count). The Bertz CT molecular complexity index is 525. The van der Waals surface area contributed by atoms with Gasteiger partial charge in [-0.25, -0.2) is 4.79 Å². The van der Waals surface area contributed by atoms with Gasteiger partial charge in [0.25, 0.3) is 0 Å². The summed E-state index contributed by atoms with van der Waals surface area (Å²) in [6.45, 7) is 6.31. The van der Waals surface area contributed by atoms with Crippen molar-refractivity contribution < 1.29 is 24.2 Å². The van der Waals surface area contributed by atoms with Crippen LogP contribution in [0.3, 0.4) is 0 Å². The smallest absolute Gasteiger partial charge is 0.410 e. The van der Waals surface area contributed by atoms with Crippen LogP contribution in [0.5, 0.6) is 0 Å². The largest absolute Gasteiger partial charge is 0.530 e. The standard InChI is InChI=1S/C15H23N3O5/c1-15(2,3)23-14(21)18(7-8-22-4)10-12-6-5-11(9-16-12)17-13(19)20/h5-6,9,17H,7-8,10H2,1-4H3,(H,19,20)/p-1. The van der Waals surface area contributed by atoms with Gasteiger partial charge >= 0.3 is 6.09 Å². The third-order valence-corrected chi connectivity index (χ3v) is 2.64. The number of pyridine rings is 1. The number of nitrogens with zero attached hydrogens (tertiary/aromatic N) is 2. The Hall–Kier alpha value is -2.35. The molecule has 23 heavy (non-hydrogen) atoms. The van der Waals surface area contributed by atoms with Crippen LogP contribution in [0, 0.1) is 0 Å². The number of hydrogen-bond donors (Lipinski definition) is 1. The number of aromatic nitrogens is 1. The van der Waals surface area contributed by atoms with Gasteiger partial charge in [0.15, 0.2) is 0 Å². The molecule has 0 aliphatic carbocycles. The zero-order chi connectivity index (χ0) is 17.5. The minimum Gasteiger partial charge on any atom is -0.530 e. The summed E-state index contributed by atoms with van der Waals surface area (Å²) in [5.74, 6) is 0. The van der Waals surface area contributed by atoms with E-state index in [2.05, 4.69) is 10.3 Å². The van der Waals surface area contributed by atoms with Crippen molar-refractivity contribution in [1.82, 2.24) is 9.88 Å². The van der Waals surface area contributed by atoms with Crippen molar-refractivity contribution >= 4 is 17.9 Å². The van der Waals surface area contributed by atoms with Crippen molar-refractivity contribution in [2.75, 3.05) is 25.6 Å². The number of nitrogens with one attached hydrogen (secondary N) is 1. The molecule has 0 aliphatic heterocycles. The first-order valence-corrected chi connectivity index (χ1v) is 7.11. The Balaban J connectivity index is 2.76. The summed E-state index contributed by atoms with van der Waals surface area (Å²) in [4.78, 5) is 28.2. The second-order valence-electron chi connectivity index (χ2n) is 5.85. The Morgan fingerprint density at radius 1 is 1.35 bits per heavy atom. The first kappa shape index (κ1) is 18.7. The van der Waals surface area contributed by atoms with Crippen LogP contribution in [-0.2, 0) is 16.0 Å². The summed E-state index contributed by atoms with van der Waals surface area (Å²) >= 11 is 0. The van der Waals surface area contributed by atoms with Gasteiger partial charge in [0.1, 0.15) is 11.7 Å². The molecule has 0 bridgehead atoms. The molecule has 2 amide bonds. The van der Waals surface area contributed by atoms with Gasteiger partial charge in [-0.1, -0.05) is 0 Å². The number of hydrogen-bond acceptors (Lipinski definition) is 6. The number of amides is 2. The van der Waals surface area contributed by atoms with Gasteiger partial charge in [-0.3, -0.25) is 9.88 Å². The van der Waals surface area contributed by atoms with E-state index in [1.54, 1.807) is 40.0 Å². The summed E-state index contributed by atoms with van der Waals surface area (Å²) < 4.78 is 10.4. The average molecular weight is 324 g/mol. The Morgan fingerprint density at radius 2 is 2.04 bits per heavy atom. The lowest BCUT2D eigenvalue weighted by Gasteiger charge is -2.27. The highest BCUT2D eigenvalue weighted by molar-refractivity contribution is 5.80. The number of rotatable bonds is 6. The van der Waals surface area contributed by atoms with Gasteiger partial charge < -0.3 is 24.7 Å². The van der Waals surface area contributed by atoms with Gasteiger partial charge in [0.05, 0.1) is 30.7 Å². The molecular formula is C15H22N3O5-. The summed E-state index contributed by atoms with van der Waals surface area (Å²) in [6.07, 6.45) is -0.516. The molecule has 1 heterocycles. The molecule has 0 aromatic carbocycles. The summed E-state index contributed by atoms with van der Waals surface area (Å²) in [5, 5.41) is 12.5. The lowest BCUT2D eigenvalue weighted by atomic mass is 10.2. The molecule has 0 spiro atoms. The van der Waals surface area contributed by atoms with E-state index in [-0.39, 0.29) is 6.54 Å². The minimum atomic E-state index is -1.41. The predicted octanol–water partition coefficient (Wildman–Crippen LogP) is 1.22. The molecule has 8 nitrogen and oxygen atoms in total. The zero-order valence-corrected chi connectivity index (χ0v) is 13.8. The van der Waals surface area contributed by atoms with E-state index in [9.17, 15) is 14.7 Å². The van der Waals surface area contributed by atoms with E-state index in [0.717, 1.165) is 0 Å². The van der Waals surface area contributed by atoms with Gasteiger partial charge in [0.2, 0.25) is 0 Å². The Morgan fingerprint density at radius 3 is 2.52 bits per heavy atom. The highest BCUT2D eigenvalue weighted by Crippen LogP contribution is 2.13. The van der Waals surface area contributed by atoms with Gasteiger partial charge in [-0.05, 0) is 32.9 Å². The van der Waals surface area contributed by atoms with Gasteiger partial charge in [-0.2, -0.15) is 0 Å². The average Bonchev–Trinajstić information content (AvgIpc) is 2.42. The Labute approximate surface area is 135 Å².